The van der Waals surface area contributed by atoms with E-state index in [1.54, 1.807) is 49.4 Å². The zero-order chi connectivity index (χ0) is 18.2. The van der Waals surface area contributed by atoms with Gasteiger partial charge in [-0.3, -0.25) is 0 Å². The summed E-state index contributed by atoms with van der Waals surface area (Å²) in [5, 5.41) is -0.713. The Hall–Kier alpha value is -1.70. The number of sulfonamides is 1. The van der Waals surface area contributed by atoms with Gasteiger partial charge >= 0.3 is 0 Å². The topological polar surface area (TPSA) is 71.5 Å². The largest absolute Gasteiger partial charge is 0.243 e. The predicted octanol–water partition coefficient (Wildman–Crippen LogP) is 2.54. The van der Waals surface area contributed by atoms with E-state index in [-0.39, 0.29) is 22.9 Å². The Morgan fingerprint density at radius 1 is 0.960 bits per heavy atom. The molecule has 1 aliphatic rings. The molecule has 1 aliphatic heterocycles. The second-order valence-electron chi connectivity index (χ2n) is 6.40. The van der Waals surface area contributed by atoms with Crippen LogP contribution in [0.1, 0.15) is 17.5 Å². The van der Waals surface area contributed by atoms with Crippen molar-refractivity contribution in [3.05, 3.63) is 59.7 Å². The van der Waals surface area contributed by atoms with Crippen molar-refractivity contribution in [2.24, 2.45) is 0 Å². The molecule has 0 aliphatic carbocycles. The molecule has 7 heteroatoms. The Bertz CT molecular complexity index is 983. The predicted molar refractivity (Wildman–Crippen MR) is 96.7 cm³/mol. The Labute approximate surface area is 149 Å². The van der Waals surface area contributed by atoms with Crippen molar-refractivity contribution in [2.45, 2.75) is 35.3 Å². The molecule has 1 fully saturated rings. The summed E-state index contributed by atoms with van der Waals surface area (Å²) in [5.74, 6) is 0. The summed E-state index contributed by atoms with van der Waals surface area (Å²) in [7, 11) is -7.23. The minimum atomic E-state index is -3.69. The smallest absolute Gasteiger partial charge is 0.223 e. The zero-order valence-electron chi connectivity index (χ0n) is 14.2. The van der Waals surface area contributed by atoms with Gasteiger partial charge in [-0.2, -0.15) is 4.31 Å². The minimum absolute atomic E-state index is 0.00707. The van der Waals surface area contributed by atoms with Crippen LogP contribution < -0.4 is 0 Å². The van der Waals surface area contributed by atoms with Gasteiger partial charge in [-0.1, -0.05) is 35.9 Å². The van der Waals surface area contributed by atoms with Gasteiger partial charge in [0, 0.05) is 13.1 Å². The van der Waals surface area contributed by atoms with E-state index >= 15 is 0 Å². The fourth-order valence-electron chi connectivity index (χ4n) is 3.20. The third-order valence-electron chi connectivity index (χ3n) is 4.57. The van der Waals surface area contributed by atoms with Crippen molar-refractivity contribution in [3.8, 4) is 0 Å². The van der Waals surface area contributed by atoms with E-state index in [0.717, 1.165) is 5.56 Å². The van der Waals surface area contributed by atoms with Gasteiger partial charge in [0.05, 0.1) is 15.0 Å². The summed E-state index contributed by atoms with van der Waals surface area (Å²) >= 11 is 0. The minimum Gasteiger partial charge on any atom is -0.223 e. The Balaban J connectivity index is 1.87. The van der Waals surface area contributed by atoms with E-state index in [4.69, 9.17) is 0 Å². The Kier molecular flexibility index (Phi) is 4.74. The van der Waals surface area contributed by atoms with Crippen molar-refractivity contribution in [3.63, 3.8) is 0 Å². The fraction of sp³-hybridized carbons (Fsp3) is 0.333. The van der Waals surface area contributed by atoms with Crippen LogP contribution in [0.2, 0.25) is 0 Å². The molecule has 0 N–H and O–H groups in total. The van der Waals surface area contributed by atoms with Gasteiger partial charge in [0.25, 0.3) is 0 Å². The number of benzene rings is 2. The highest BCUT2D eigenvalue weighted by molar-refractivity contribution is 7.92. The van der Waals surface area contributed by atoms with Crippen LogP contribution in [0.5, 0.6) is 0 Å². The number of aryl methyl sites for hydroxylation is 2. The van der Waals surface area contributed by atoms with E-state index in [9.17, 15) is 16.8 Å². The van der Waals surface area contributed by atoms with Crippen LogP contribution >= 0.6 is 0 Å². The number of hydrogen-bond donors (Lipinski definition) is 0. The Morgan fingerprint density at radius 2 is 1.64 bits per heavy atom. The number of nitrogens with zero attached hydrogens (tertiary/aromatic N) is 1. The molecule has 0 saturated carbocycles. The molecule has 3 rings (SSSR count). The number of hydrogen-bond acceptors (Lipinski definition) is 4. The average molecular weight is 380 g/mol. The first-order valence-corrected chi connectivity index (χ1v) is 11.1. The van der Waals surface area contributed by atoms with Crippen molar-refractivity contribution >= 4 is 19.9 Å². The molecule has 0 spiro atoms. The lowest BCUT2D eigenvalue weighted by molar-refractivity contribution is 0.476. The third-order valence-corrected chi connectivity index (χ3v) is 8.78. The average Bonchev–Trinajstić information content (AvgIpc) is 3.07. The molecular weight excluding hydrogens is 358 g/mol. The quantitative estimate of drug-likeness (QED) is 0.818. The highest BCUT2D eigenvalue weighted by Crippen LogP contribution is 2.29. The Morgan fingerprint density at radius 3 is 2.28 bits per heavy atom. The number of rotatable bonds is 4. The van der Waals surface area contributed by atoms with Gasteiger partial charge < -0.3 is 0 Å². The number of sulfone groups is 1. The second-order valence-corrected chi connectivity index (χ2v) is 10.5. The summed E-state index contributed by atoms with van der Waals surface area (Å²) in [4.78, 5) is 0.488. The zero-order valence-corrected chi connectivity index (χ0v) is 15.8. The first-order chi connectivity index (χ1) is 11.7. The summed E-state index contributed by atoms with van der Waals surface area (Å²) < 4.78 is 52.6. The normalized spacial score (nSPS) is 19.2. The summed E-state index contributed by atoms with van der Waals surface area (Å²) in [6.07, 6.45) is 0.307. The highest BCUT2D eigenvalue weighted by atomic mass is 32.2. The molecule has 0 amide bonds. The van der Waals surface area contributed by atoms with Crippen molar-refractivity contribution in [2.75, 3.05) is 13.1 Å². The molecule has 2 aromatic rings. The first-order valence-electron chi connectivity index (χ1n) is 8.09. The van der Waals surface area contributed by atoms with Crippen molar-refractivity contribution in [1.29, 1.82) is 0 Å². The lowest BCUT2D eigenvalue weighted by Crippen LogP contribution is -2.32. The van der Waals surface area contributed by atoms with Crippen LogP contribution in [-0.4, -0.2) is 39.5 Å². The summed E-state index contributed by atoms with van der Waals surface area (Å²) in [6.45, 7) is 3.87. The van der Waals surface area contributed by atoms with Gasteiger partial charge in [-0.15, -0.1) is 0 Å². The van der Waals surface area contributed by atoms with Gasteiger partial charge in [0.15, 0.2) is 9.84 Å². The monoisotopic (exact) mass is 379 g/mol. The molecule has 5 nitrogen and oxygen atoms in total. The first kappa shape index (κ1) is 18.1. The standard InChI is InChI=1S/C18H21NO4S2/c1-14-8-9-18(15(2)12-14)25(22,23)19-11-10-17(13-19)24(20,21)16-6-4-3-5-7-16/h3-9,12,17H,10-11,13H2,1-2H3/t17-/m1/s1. The summed E-state index contributed by atoms with van der Waals surface area (Å²) in [5.41, 5.74) is 1.66. The molecule has 0 bridgehead atoms. The lowest BCUT2D eigenvalue weighted by Gasteiger charge is -2.18. The van der Waals surface area contributed by atoms with Crippen LogP contribution in [0.4, 0.5) is 0 Å². The molecule has 2 aromatic carbocycles. The molecule has 0 unspecified atom stereocenters. The van der Waals surface area contributed by atoms with E-state index in [0.29, 0.717) is 12.0 Å². The maximum absolute atomic E-state index is 12.9. The van der Waals surface area contributed by atoms with Gasteiger partial charge in [-0.05, 0) is 44.0 Å². The third kappa shape index (κ3) is 3.36. The fourth-order valence-corrected chi connectivity index (χ4v) is 6.71. The van der Waals surface area contributed by atoms with Crippen LogP contribution in [0.3, 0.4) is 0 Å². The molecule has 0 radical (unpaired) electrons. The van der Waals surface area contributed by atoms with E-state index < -0.39 is 25.1 Å². The molecule has 134 valence electrons. The van der Waals surface area contributed by atoms with Gasteiger partial charge in [0.1, 0.15) is 0 Å². The van der Waals surface area contributed by atoms with Crippen molar-refractivity contribution in [1.82, 2.24) is 4.31 Å². The summed E-state index contributed by atoms with van der Waals surface area (Å²) in [6, 6.07) is 13.4. The van der Waals surface area contributed by atoms with Gasteiger partial charge in [-0.25, -0.2) is 16.8 Å². The molecular formula is C18H21NO4S2. The molecule has 1 heterocycles. The molecule has 25 heavy (non-hydrogen) atoms. The molecule has 1 atom stereocenters. The maximum atomic E-state index is 12.9. The lowest BCUT2D eigenvalue weighted by atomic mass is 10.2. The SMILES string of the molecule is Cc1ccc(S(=O)(=O)N2CC[C@@H](S(=O)(=O)c3ccccc3)C2)c(C)c1. The molecule has 0 aromatic heterocycles. The van der Waals surface area contributed by atoms with Crippen LogP contribution in [0, 0.1) is 13.8 Å². The second kappa shape index (κ2) is 6.55. The van der Waals surface area contributed by atoms with E-state index in [1.165, 1.54) is 4.31 Å². The van der Waals surface area contributed by atoms with Crippen LogP contribution in [-0.2, 0) is 19.9 Å². The van der Waals surface area contributed by atoms with E-state index in [1.807, 2.05) is 13.0 Å². The highest BCUT2D eigenvalue weighted by Gasteiger charge is 2.39. The van der Waals surface area contributed by atoms with Crippen molar-refractivity contribution < 1.29 is 16.8 Å². The molecule has 1 saturated heterocycles. The maximum Gasteiger partial charge on any atom is 0.243 e. The van der Waals surface area contributed by atoms with E-state index in [2.05, 4.69) is 0 Å². The van der Waals surface area contributed by atoms with Gasteiger partial charge in [0.2, 0.25) is 10.0 Å². The van der Waals surface area contributed by atoms with Crippen LogP contribution in [0.15, 0.2) is 58.3 Å². The van der Waals surface area contributed by atoms with Crippen LogP contribution in [0.25, 0.3) is 0 Å².